The Kier molecular flexibility index (Phi) is 10.6. The molecule has 19 heteroatoms. The average molecular weight is 837 g/mol. The zero-order valence-electron chi connectivity index (χ0n) is 33.2. The Balaban J connectivity index is 1.04. The number of ether oxygens (including phenoxy) is 3. The topological polar surface area (TPSA) is 184 Å². The number of likely N-dealkylation sites (tertiary alicyclic amines) is 2. The van der Waals surface area contributed by atoms with Crippen molar-refractivity contribution in [1.29, 1.82) is 0 Å². The van der Waals surface area contributed by atoms with Gasteiger partial charge in [-0.2, -0.15) is 0 Å². The van der Waals surface area contributed by atoms with Crippen LogP contribution in [0.5, 0.6) is 0 Å². The number of hydrogen-bond donors (Lipinski definition) is 4. The predicted molar refractivity (Wildman–Crippen MR) is 205 cm³/mol. The Bertz CT molecular complexity index is 2310. The molecule has 3 saturated heterocycles. The van der Waals surface area contributed by atoms with Gasteiger partial charge in [0.2, 0.25) is 11.8 Å². The summed E-state index contributed by atoms with van der Waals surface area (Å²) in [5.41, 5.74) is 6.53. The number of alkyl halides is 4. The van der Waals surface area contributed by atoms with Gasteiger partial charge < -0.3 is 44.6 Å². The third-order valence-corrected chi connectivity index (χ3v) is 11.7. The van der Waals surface area contributed by atoms with E-state index in [9.17, 15) is 36.7 Å². The maximum absolute atomic E-state index is 15.0. The molecule has 0 aliphatic carbocycles. The molecule has 3 fully saturated rings. The number of rotatable bonds is 10. The number of carbonyl (C=O) groups is 4. The summed E-state index contributed by atoms with van der Waals surface area (Å²) in [6, 6.07) is 8.37. The number of nitrogens with zero attached hydrogens (tertiary/aromatic N) is 4. The summed E-state index contributed by atoms with van der Waals surface area (Å²) in [7, 11) is 2.29. The Morgan fingerprint density at radius 1 is 0.783 bits per heavy atom. The van der Waals surface area contributed by atoms with Crippen LogP contribution in [0.1, 0.15) is 86.6 Å². The summed E-state index contributed by atoms with van der Waals surface area (Å²) in [4.78, 5) is 67.3. The number of aromatic nitrogens is 4. The molecule has 4 aliphatic heterocycles. The van der Waals surface area contributed by atoms with Crippen molar-refractivity contribution in [2.75, 3.05) is 33.9 Å². The summed E-state index contributed by atoms with van der Waals surface area (Å²) < 4.78 is 74.7. The lowest BCUT2D eigenvalue weighted by Crippen LogP contribution is -2.51. The van der Waals surface area contributed by atoms with Gasteiger partial charge in [0.1, 0.15) is 24.2 Å². The van der Waals surface area contributed by atoms with Crippen LogP contribution in [-0.2, 0) is 23.8 Å². The molecule has 4 aliphatic rings. The van der Waals surface area contributed by atoms with E-state index >= 15 is 0 Å². The first-order valence-electron chi connectivity index (χ1n) is 19.6. The van der Waals surface area contributed by atoms with Crippen LogP contribution in [0.15, 0.2) is 48.8 Å². The van der Waals surface area contributed by atoms with Crippen molar-refractivity contribution in [3.05, 3.63) is 71.6 Å². The second-order valence-electron chi connectivity index (χ2n) is 16.0. The van der Waals surface area contributed by atoms with E-state index in [1.54, 1.807) is 20.0 Å². The van der Waals surface area contributed by atoms with E-state index in [0.29, 0.717) is 11.4 Å². The van der Waals surface area contributed by atoms with Gasteiger partial charge in [0.05, 0.1) is 75.4 Å². The van der Waals surface area contributed by atoms with Crippen molar-refractivity contribution in [3.8, 4) is 33.6 Å². The molecule has 0 spiro atoms. The number of hydrogen-bond acceptors (Lipinski definition) is 9. The highest BCUT2D eigenvalue weighted by Crippen LogP contribution is 2.56. The van der Waals surface area contributed by atoms with Gasteiger partial charge in [0, 0.05) is 18.4 Å². The molecule has 4 N–H and O–H groups in total. The van der Waals surface area contributed by atoms with E-state index < -0.39 is 92.4 Å². The number of imidazole rings is 2. The van der Waals surface area contributed by atoms with Crippen molar-refractivity contribution in [2.45, 2.75) is 81.7 Å². The van der Waals surface area contributed by atoms with E-state index in [4.69, 9.17) is 4.74 Å². The second kappa shape index (κ2) is 15.6. The highest BCUT2D eigenvalue weighted by atomic mass is 19.3. The molecule has 4 aromatic rings. The molecule has 2 bridgehead atoms. The van der Waals surface area contributed by atoms with Crippen molar-refractivity contribution in [3.63, 3.8) is 0 Å². The van der Waals surface area contributed by atoms with Gasteiger partial charge in [-0.3, -0.25) is 9.59 Å². The summed E-state index contributed by atoms with van der Waals surface area (Å²) in [5.74, 6) is -7.68. The molecule has 4 amide bonds. The van der Waals surface area contributed by atoms with Gasteiger partial charge in [-0.25, -0.2) is 37.1 Å². The fraction of sp³-hybridized carbons (Fsp3) is 0.463. The fourth-order valence-electron chi connectivity index (χ4n) is 8.82. The van der Waals surface area contributed by atoms with Crippen LogP contribution >= 0.6 is 0 Å². The van der Waals surface area contributed by atoms with Crippen LogP contribution in [0.2, 0.25) is 0 Å². The van der Waals surface area contributed by atoms with Crippen molar-refractivity contribution < 1.29 is 51.0 Å². The maximum Gasteiger partial charge on any atom is 0.407 e. The summed E-state index contributed by atoms with van der Waals surface area (Å²) in [6.07, 6.45) is 1.42. The van der Waals surface area contributed by atoms with E-state index in [0.717, 1.165) is 70.2 Å². The molecular weight excluding hydrogens is 792 g/mol. The lowest BCUT2D eigenvalue weighted by atomic mass is 9.82. The molecule has 0 radical (unpaired) electrons. The smallest absolute Gasteiger partial charge is 0.407 e. The number of amides is 4. The molecule has 60 heavy (non-hydrogen) atoms. The van der Waals surface area contributed by atoms with Crippen molar-refractivity contribution >= 4 is 24.0 Å². The standard InChI is InChI=1S/C41H44F4N8O7/c1-20(2)34(51-39(57)59-4)37(55)53-19-41(44,45)14-28(53)36-47-16-26(50-36)24-10-9-23(32-29-11-12-30(60-29)33(24)32)21-5-7-22(8-6-21)25-15-46-35(49-25)27-13-40(42,43)18-52(27)31(54)17-48-38(56)58-3/h5-10,15-16,20,27-30,34H,11-14,17-19H2,1-4H3,(H,46,49)(H,47,50)(H,48,56)(H,51,57)/t27?,28-,29?,30?,34?/m0/s1. The highest BCUT2D eigenvalue weighted by Gasteiger charge is 2.51. The maximum atomic E-state index is 15.0. The highest BCUT2D eigenvalue weighted by molar-refractivity contribution is 5.87. The van der Waals surface area contributed by atoms with Gasteiger partial charge in [-0.15, -0.1) is 0 Å². The number of aromatic amines is 2. The lowest BCUT2D eigenvalue weighted by Gasteiger charge is -2.29. The molecule has 8 rings (SSSR count). The Morgan fingerprint density at radius 3 is 1.93 bits per heavy atom. The minimum atomic E-state index is -3.17. The van der Waals surface area contributed by atoms with Crippen LogP contribution in [-0.4, -0.2) is 105 Å². The molecule has 0 saturated carbocycles. The third-order valence-electron chi connectivity index (χ3n) is 11.7. The SMILES string of the molecule is COC(=O)NCC(=O)N1CC(F)(F)CC1c1ncc(-c2ccc(-c3ccc(-c4cnc([C@@H]5CC(F)(F)CN5C(=O)C(NC(=O)OC)C(C)C)[nH]4)c4c3C3CCC4O3)cc2)[nH]1. The number of halogens is 4. The zero-order valence-corrected chi connectivity index (χ0v) is 33.2. The molecule has 5 atom stereocenters. The van der Waals surface area contributed by atoms with Crippen molar-refractivity contribution in [1.82, 2.24) is 40.4 Å². The number of fused-ring (bicyclic) bond motifs is 5. The monoisotopic (exact) mass is 836 g/mol. The quantitative estimate of drug-likeness (QED) is 0.128. The lowest BCUT2D eigenvalue weighted by molar-refractivity contribution is -0.136. The molecule has 2 aromatic carbocycles. The van der Waals surface area contributed by atoms with Crippen LogP contribution in [0.25, 0.3) is 33.6 Å². The fourth-order valence-corrected chi connectivity index (χ4v) is 8.82. The number of benzene rings is 2. The van der Waals surface area contributed by atoms with Gasteiger partial charge >= 0.3 is 12.2 Å². The number of methoxy groups -OCH3 is 2. The first-order chi connectivity index (χ1) is 28.6. The molecule has 15 nitrogen and oxygen atoms in total. The Labute approximate surface area is 341 Å². The largest absolute Gasteiger partial charge is 0.453 e. The average Bonchev–Trinajstić information content (AvgIpc) is 4.09. The predicted octanol–water partition coefficient (Wildman–Crippen LogP) is 6.59. The normalized spacial score (nSPS) is 22.8. The van der Waals surface area contributed by atoms with Crippen LogP contribution < -0.4 is 10.6 Å². The van der Waals surface area contributed by atoms with Crippen LogP contribution in [0.4, 0.5) is 27.2 Å². The summed E-state index contributed by atoms with van der Waals surface area (Å²) >= 11 is 0. The summed E-state index contributed by atoms with van der Waals surface area (Å²) in [5, 5.41) is 4.72. The zero-order chi connectivity index (χ0) is 42.7. The third kappa shape index (κ3) is 7.65. The second-order valence-corrected chi connectivity index (χ2v) is 16.0. The molecule has 318 valence electrons. The van der Waals surface area contributed by atoms with E-state index in [-0.39, 0.29) is 23.9 Å². The van der Waals surface area contributed by atoms with Gasteiger partial charge in [0.25, 0.3) is 11.8 Å². The van der Waals surface area contributed by atoms with E-state index in [1.165, 1.54) is 6.20 Å². The number of carbonyl (C=O) groups excluding carboxylic acids is 4. The van der Waals surface area contributed by atoms with E-state index in [1.807, 2.05) is 36.4 Å². The molecule has 6 heterocycles. The number of nitrogens with one attached hydrogen (secondary N) is 4. The number of alkyl carbamates (subject to hydrolysis) is 2. The Hall–Kier alpha value is -5.98. The first kappa shape index (κ1) is 40.8. The van der Waals surface area contributed by atoms with Crippen molar-refractivity contribution in [2.24, 2.45) is 5.92 Å². The Morgan fingerprint density at radius 2 is 1.32 bits per heavy atom. The van der Waals surface area contributed by atoms with Gasteiger partial charge in [-0.1, -0.05) is 50.2 Å². The molecule has 4 unspecified atom stereocenters. The summed E-state index contributed by atoms with van der Waals surface area (Å²) in [6.45, 7) is 1.27. The molecule has 2 aromatic heterocycles. The minimum Gasteiger partial charge on any atom is -0.453 e. The van der Waals surface area contributed by atoms with Gasteiger partial charge in [0.15, 0.2) is 0 Å². The minimum absolute atomic E-state index is 0.160. The van der Waals surface area contributed by atoms with Crippen LogP contribution in [0, 0.1) is 5.92 Å². The van der Waals surface area contributed by atoms with Crippen LogP contribution in [0.3, 0.4) is 0 Å². The first-order valence-corrected chi connectivity index (χ1v) is 19.6. The molecular formula is C41H44F4N8O7. The van der Waals surface area contributed by atoms with Gasteiger partial charge in [-0.05, 0) is 46.6 Å². The van der Waals surface area contributed by atoms with E-state index in [2.05, 4.69) is 40.0 Å². The number of H-pyrrole nitrogens is 2.